The molecule has 0 aliphatic carbocycles. The van der Waals surface area contributed by atoms with Gasteiger partial charge in [-0.2, -0.15) is 0 Å². The minimum absolute atomic E-state index is 0.0849. The molecule has 6 heteroatoms. The van der Waals surface area contributed by atoms with Crippen LogP contribution in [0, 0.1) is 0 Å². The Morgan fingerprint density at radius 2 is 1.19 bits per heavy atom. The van der Waals surface area contributed by atoms with Crippen molar-refractivity contribution in [2.24, 2.45) is 0 Å². The van der Waals surface area contributed by atoms with E-state index in [1.807, 2.05) is 26.0 Å². The van der Waals surface area contributed by atoms with Gasteiger partial charge in [-0.15, -0.1) is 0 Å². The highest BCUT2D eigenvalue weighted by Crippen LogP contribution is 2.42. The summed E-state index contributed by atoms with van der Waals surface area (Å²) in [5, 5.41) is 0. The molecule has 0 amide bonds. The van der Waals surface area contributed by atoms with E-state index in [1.54, 1.807) is 13.8 Å². The van der Waals surface area contributed by atoms with E-state index in [2.05, 4.69) is 0 Å². The second-order valence-corrected chi connectivity index (χ2v) is 7.89. The van der Waals surface area contributed by atoms with Gasteiger partial charge in [-0.05, 0) is 53.4 Å². The van der Waals surface area contributed by atoms with Crippen molar-refractivity contribution in [3.05, 3.63) is 23.3 Å². The number of rotatable bonds is 0. The fraction of sp³-hybridized carbons (Fsp3) is 0.700. The molecule has 2 fully saturated rings. The molecule has 3 heterocycles. The van der Waals surface area contributed by atoms with Gasteiger partial charge in [0, 0.05) is 11.1 Å². The van der Waals surface area contributed by atoms with Crippen LogP contribution in [0.5, 0.6) is 0 Å². The van der Waals surface area contributed by atoms with Crippen LogP contribution in [-0.2, 0) is 28.5 Å². The number of carbonyl (C=O) groups is 2. The zero-order valence-electron chi connectivity index (χ0n) is 16.0. The van der Waals surface area contributed by atoms with E-state index in [9.17, 15) is 9.59 Å². The largest absolute Gasteiger partial charge is 0.459 e. The number of allylic oxidation sites excluding steroid dienone is 2. The van der Waals surface area contributed by atoms with Crippen LogP contribution in [0.25, 0.3) is 0 Å². The lowest BCUT2D eigenvalue weighted by Gasteiger charge is -2.09. The first kappa shape index (κ1) is 19.1. The summed E-state index contributed by atoms with van der Waals surface area (Å²) < 4.78 is 22.1. The first-order chi connectivity index (χ1) is 12.2. The van der Waals surface area contributed by atoms with Crippen molar-refractivity contribution in [1.29, 1.82) is 0 Å². The SMILES string of the molecule is C/C1=C\CC[C@]2(C)O[C@@H]2COC(=O)/C(C)=C/CC[C@]2(C)O[C@@H]2COC1=O. The molecule has 3 rings (SSSR count). The quantitative estimate of drug-likeness (QED) is 0.486. The second kappa shape index (κ2) is 7.16. The number of fused-ring (bicyclic) bond motifs is 2. The van der Waals surface area contributed by atoms with Crippen LogP contribution in [0.3, 0.4) is 0 Å². The molecular weight excluding hydrogens is 336 g/mol. The van der Waals surface area contributed by atoms with Gasteiger partial charge in [-0.25, -0.2) is 9.59 Å². The second-order valence-electron chi connectivity index (χ2n) is 7.89. The van der Waals surface area contributed by atoms with Gasteiger partial charge >= 0.3 is 11.9 Å². The van der Waals surface area contributed by atoms with Gasteiger partial charge < -0.3 is 18.9 Å². The summed E-state index contributed by atoms with van der Waals surface area (Å²) in [5.41, 5.74) is 0.597. The molecule has 6 nitrogen and oxygen atoms in total. The van der Waals surface area contributed by atoms with Gasteiger partial charge in [0.15, 0.2) is 0 Å². The van der Waals surface area contributed by atoms with E-state index in [-0.39, 0.29) is 48.6 Å². The summed E-state index contributed by atoms with van der Waals surface area (Å²) in [6, 6.07) is 0. The zero-order valence-corrected chi connectivity index (χ0v) is 16.0. The lowest BCUT2D eigenvalue weighted by molar-refractivity contribution is -0.140. The summed E-state index contributed by atoms with van der Waals surface area (Å²) in [6.07, 6.45) is 6.52. The number of cyclic esters (lactones) is 2. The molecule has 0 spiro atoms. The predicted octanol–water partition coefficient (Wildman–Crippen LogP) is 2.85. The number of carbonyl (C=O) groups excluding carboxylic acids is 2. The third-order valence-corrected chi connectivity index (χ3v) is 5.63. The Bertz CT molecular complexity index is 595. The Morgan fingerprint density at radius 1 is 0.808 bits per heavy atom. The smallest absolute Gasteiger partial charge is 0.333 e. The molecule has 0 saturated carbocycles. The van der Waals surface area contributed by atoms with Gasteiger partial charge in [0.25, 0.3) is 0 Å². The van der Waals surface area contributed by atoms with Gasteiger partial charge in [0.1, 0.15) is 25.4 Å². The standard InChI is InChI=1S/C20H28O6/c1-13-7-5-9-19(3)16(26-19)12-24-18(22)14(2)8-6-10-20(4)15(25-20)11-23-17(13)21/h7-8,15-16H,5-6,9-12H2,1-4H3/b13-7+,14-8+/t15-,16-,19+,20+/m1/s1. The Labute approximate surface area is 154 Å². The topological polar surface area (TPSA) is 77.7 Å². The van der Waals surface area contributed by atoms with E-state index in [4.69, 9.17) is 18.9 Å². The first-order valence-corrected chi connectivity index (χ1v) is 9.27. The van der Waals surface area contributed by atoms with Gasteiger partial charge in [-0.3, -0.25) is 0 Å². The van der Waals surface area contributed by atoms with Crippen molar-refractivity contribution < 1.29 is 28.5 Å². The highest BCUT2D eigenvalue weighted by molar-refractivity contribution is 5.88. The average molecular weight is 364 g/mol. The highest BCUT2D eigenvalue weighted by atomic mass is 16.6. The number of hydrogen-bond donors (Lipinski definition) is 0. The van der Waals surface area contributed by atoms with Crippen molar-refractivity contribution >= 4 is 11.9 Å². The van der Waals surface area contributed by atoms with Crippen LogP contribution in [0.4, 0.5) is 0 Å². The Balaban J connectivity index is 1.64. The maximum atomic E-state index is 12.1. The van der Waals surface area contributed by atoms with Crippen molar-refractivity contribution in [2.75, 3.05) is 13.2 Å². The van der Waals surface area contributed by atoms with E-state index in [0.717, 1.165) is 12.8 Å². The van der Waals surface area contributed by atoms with E-state index < -0.39 is 0 Å². The van der Waals surface area contributed by atoms with Crippen molar-refractivity contribution in [3.63, 3.8) is 0 Å². The van der Waals surface area contributed by atoms with Crippen LogP contribution >= 0.6 is 0 Å². The Kier molecular flexibility index (Phi) is 5.26. The molecule has 2 saturated heterocycles. The zero-order chi connectivity index (χ0) is 18.9. The van der Waals surface area contributed by atoms with E-state index in [1.165, 1.54) is 0 Å². The lowest BCUT2D eigenvalue weighted by atomic mass is 10.0. The maximum absolute atomic E-state index is 12.1. The van der Waals surface area contributed by atoms with Crippen LogP contribution in [0.1, 0.15) is 53.4 Å². The van der Waals surface area contributed by atoms with Gasteiger partial charge in [0.2, 0.25) is 0 Å². The molecule has 0 unspecified atom stereocenters. The fourth-order valence-corrected chi connectivity index (χ4v) is 3.29. The minimum Gasteiger partial charge on any atom is -0.459 e. The first-order valence-electron chi connectivity index (χ1n) is 9.27. The molecule has 0 aromatic heterocycles. The summed E-state index contributed by atoms with van der Waals surface area (Å²) in [4.78, 5) is 24.2. The molecule has 0 radical (unpaired) electrons. The van der Waals surface area contributed by atoms with Crippen LogP contribution < -0.4 is 0 Å². The third-order valence-electron chi connectivity index (χ3n) is 5.63. The number of epoxide rings is 2. The molecule has 144 valence electrons. The fourth-order valence-electron chi connectivity index (χ4n) is 3.29. The highest BCUT2D eigenvalue weighted by Gasteiger charge is 2.53. The lowest BCUT2D eigenvalue weighted by Crippen LogP contribution is -2.19. The molecule has 3 aliphatic heterocycles. The molecule has 26 heavy (non-hydrogen) atoms. The van der Waals surface area contributed by atoms with Gasteiger partial charge in [-0.1, -0.05) is 12.2 Å². The van der Waals surface area contributed by atoms with Crippen LogP contribution in [-0.4, -0.2) is 48.6 Å². The molecule has 0 N–H and O–H groups in total. The molecule has 3 aliphatic rings. The molecule has 0 aromatic rings. The molecule has 0 bridgehead atoms. The molecule has 4 atom stereocenters. The number of hydrogen-bond acceptors (Lipinski definition) is 6. The predicted molar refractivity (Wildman–Crippen MR) is 94.5 cm³/mol. The minimum atomic E-state index is -0.299. The summed E-state index contributed by atoms with van der Waals surface area (Å²) in [5.74, 6) is -0.598. The van der Waals surface area contributed by atoms with Crippen LogP contribution in [0.15, 0.2) is 23.3 Å². The van der Waals surface area contributed by atoms with Crippen LogP contribution in [0.2, 0.25) is 0 Å². The number of ether oxygens (including phenoxy) is 4. The van der Waals surface area contributed by atoms with E-state index in [0.29, 0.717) is 24.0 Å². The summed E-state index contributed by atoms with van der Waals surface area (Å²) in [7, 11) is 0. The summed E-state index contributed by atoms with van der Waals surface area (Å²) in [6.45, 7) is 8.04. The maximum Gasteiger partial charge on any atom is 0.333 e. The third kappa shape index (κ3) is 4.35. The Morgan fingerprint density at radius 3 is 1.58 bits per heavy atom. The van der Waals surface area contributed by atoms with Crippen molar-refractivity contribution in [2.45, 2.75) is 76.8 Å². The van der Waals surface area contributed by atoms with Crippen molar-refractivity contribution in [1.82, 2.24) is 0 Å². The van der Waals surface area contributed by atoms with Crippen molar-refractivity contribution in [3.8, 4) is 0 Å². The normalized spacial score (nSPS) is 43.1. The monoisotopic (exact) mass is 364 g/mol. The molecular formula is C20H28O6. The van der Waals surface area contributed by atoms with Gasteiger partial charge in [0.05, 0.1) is 11.2 Å². The van der Waals surface area contributed by atoms with E-state index >= 15 is 0 Å². The number of esters is 2. The molecule has 0 aromatic carbocycles. The average Bonchev–Trinajstić information content (AvgIpc) is 3.45. The Hall–Kier alpha value is -1.66. The summed E-state index contributed by atoms with van der Waals surface area (Å²) >= 11 is 0.